The summed E-state index contributed by atoms with van der Waals surface area (Å²) in [5.41, 5.74) is 3.85. The lowest BCUT2D eigenvalue weighted by Crippen LogP contribution is -3.10. The lowest BCUT2D eigenvalue weighted by atomic mass is 9.89. The van der Waals surface area contributed by atoms with Gasteiger partial charge in [0.25, 0.3) is 0 Å². The van der Waals surface area contributed by atoms with Crippen LogP contribution in [0.3, 0.4) is 0 Å². The Labute approximate surface area is 154 Å². The first-order valence-electron chi connectivity index (χ1n) is 8.05. The van der Waals surface area contributed by atoms with E-state index in [1.165, 1.54) is 21.6 Å². The topological polar surface area (TPSA) is 33.9 Å². The van der Waals surface area contributed by atoms with Crippen LogP contribution in [0.1, 0.15) is 29.2 Å². The number of quaternary nitrogens is 1. The minimum atomic E-state index is 0. The Morgan fingerprint density at radius 1 is 1.25 bits per heavy atom. The van der Waals surface area contributed by atoms with Crippen LogP contribution in [0.4, 0.5) is 0 Å². The summed E-state index contributed by atoms with van der Waals surface area (Å²) >= 11 is 5.96. The Morgan fingerprint density at radius 3 is 2.62 bits per heavy atom. The molecule has 0 fully saturated rings. The summed E-state index contributed by atoms with van der Waals surface area (Å²) in [5.74, 6) is 0.803. The molecule has 3 nitrogen and oxygen atoms in total. The number of hydrogen-bond donors (Lipinski definition) is 2. The summed E-state index contributed by atoms with van der Waals surface area (Å²) in [6.07, 6.45) is 3.08. The van der Waals surface area contributed by atoms with Crippen LogP contribution in [0.5, 0.6) is 11.5 Å². The fourth-order valence-corrected chi connectivity index (χ4v) is 3.59. The van der Waals surface area contributed by atoms with E-state index in [0.717, 1.165) is 30.8 Å². The molecule has 2 N–H and O–H groups in total. The molecule has 0 radical (unpaired) electrons. The van der Waals surface area contributed by atoms with Crippen LogP contribution in [0.15, 0.2) is 36.4 Å². The summed E-state index contributed by atoms with van der Waals surface area (Å²) in [7, 11) is 3.85. The molecule has 0 aromatic heterocycles. The fraction of sp³-hybridized carbons (Fsp3) is 0.368. The van der Waals surface area contributed by atoms with Crippen molar-refractivity contribution in [2.45, 2.75) is 25.3 Å². The highest BCUT2D eigenvalue weighted by atomic mass is 35.5. The van der Waals surface area contributed by atoms with E-state index < -0.39 is 0 Å². The monoisotopic (exact) mass is 367 g/mol. The molecule has 2 unspecified atom stereocenters. The molecule has 2 aromatic rings. The zero-order chi connectivity index (χ0) is 16.4. The number of aromatic hydroxyl groups is 1. The van der Waals surface area contributed by atoms with Gasteiger partial charge in [0.15, 0.2) is 11.5 Å². The number of benzene rings is 2. The van der Waals surface area contributed by atoms with Gasteiger partial charge in [-0.3, -0.25) is 0 Å². The van der Waals surface area contributed by atoms with E-state index in [9.17, 15) is 5.11 Å². The normalized spacial score (nSPS) is 19.3. The van der Waals surface area contributed by atoms with Crippen molar-refractivity contribution in [2.75, 3.05) is 20.7 Å². The van der Waals surface area contributed by atoms with Gasteiger partial charge in [0.2, 0.25) is 0 Å². The minimum Gasteiger partial charge on any atom is -1.00 e. The third kappa shape index (κ3) is 3.97. The van der Waals surface area contributed by atoms with Gasteiger partial charge in [-0.2, -0.15) is 0 Å². The lowest BCUT2D eigenvalue weighted by Gasteiger charge is -2.32. The molecule has 2 atom stereocenters. The van der Waals surface area contributed by atoms with Crippen LogP contribution >= 0.6 is 11.6 Å². The number of hydrogen-bond acceptors (Lipinski definition) is 2. The first-order valence-corrected chi connectivity index (χ1v) is 8.43. The number of methoxy groups -OCH3 is 1. The second kappa shape index (κ2) is 8.11. The van der Waals surface area contributed by atoms with Gasteiger partial charge < -0.3 is 27.2 Å². The van der Waals surface area contributed by atoms with Gasteiger partial charge in [-0.25, -0.2) is 0 Å². The van der Waals surface area contributed by atoms with Crippen molar-refractivity contribution in [1.82, 2.24) is 0 Å². The average Bonchev–Trinajstić information content (AvgIpc) is 2.55. The molecule has 0 amide bonds. The van der Waals surface area contributed by atoms with Crippen LogP contribution in [-0.4, -0.2) is 25.8 Å². The molecule has 130 valence electrons. The SMILES string of the molecule is COc1cc2c(cc1O)CC[NH+](C)C2CCc1ccc(Cl)cc1.[Cl-]. The van der Waals surface area contributed by atoms with Crippen LogP contribution in [0, 0.1) is 0 Å². The maximum atomic E-state index is 10.0. The Balaban J connectivity index is 0.00000208. The Hall–Kier alpha value is -1.42. The average molecular weight is 368 g/mol. The largest absolute Gasteiger partial charge is 1.00 e. The van der Waals surface area contributed by atoms with Gasteiger partial charge in [-0.05, 0) is 41.8 Å². The molecule has 2 aromatic carbocycles. The number of phenolic OH excluding ortho intramolecular Hbond substituents is 1. The number of aryl methyl sites for hydroxylation is 1. The van der Waals surface area contributed by atoms with E-state index in [4.69, 9.17) is 16.3 Å². The van der Waals surface area contributed by atoms with E-state index in [-0.39, 0.29) is 18.2 Å². The second-order valence-electron chi connectivity index (χ2n) is 6.29. The van der Waals surface area contributed by atoms with E-state index in [1.807, 2.05) is 24.3 Å². The Morgan fingerprint density at radius 2 is 1.96 bits per heavy atom. The van der Waals surface area contributed by atoms with Gasteiger partial charge in [0, 0.05) is 23.4 Å². The quantitative estimate of drug-likeness (QED) is 0.784. The molecule has 0 saturated heterocycles. The van der Waals surface area contributed by atoms with Crippen molar-refractivity contribution in [3.63, 3.8) is 0 Å². The van der Waals surface area contributed by atoms with Gasteiger partial charge >= 0.3 is 0 Å². The van der Waals surface area contributed by atoms with Crippen molar-refractivity contribution < 1.29 is 27.2 Å². The molecule has 1 aliphatic heterocycles. The summed E-state index contributed by atoms with van der Waals surface area (Å²) < 4.78 is 5.30. The number of rotatable bonds is 4. The first kappa shape index (κ1) is 18.9. The molecule has 1 aliphatic rings. The highest BCUT2D eigenvalue weighted by Gasteiger charge is 2.29. The second-order valence-corrected chi connectivity index (χ2v) is 6.72. The number of nitrogens with one attached hydrogen (secondary N) is 1. The predicted octanol–water partition coefficient (Wildman–Crippen LogP) is -0.197. The number of halogens is 2. The van der Waals surface area contributed by atoms with E-state index >= 15 is 0 Å². The third-order valence-corrected chi connectivity index (χ3v) is 5.09. The standard InChI is InChI=1S/C19H22ClNO2.ClH/c1-21-10-9-14-11-18(22)19(23-2)12-16(14)17(21)8-5-13-3-6-15(20)7-4-13;/h3-4,6-7,11-12,17,22H,5,8-10H2,1-2H3;1H. The number of likely N-dealkylation sites (N-methyl/N-ethyl adjacent to an activating group) is 1. The summed E-state index contributed by atoms with van der Waals surface area (Å²) in [5, 5.41) is 10.8. The van der Waals surface area contributed by atoms with Gasteiger partial charge in [0.1, 0.15) is 6.04 Å². The lowest BCUT2D eigenvalue weighted by molar-refractivity contribution is -0.915. The van der Waals surface area contributed by atoms with Crippen molar-refractivity contribution >= 4 is 11.6 Å². The van der Waals surface area contributed by atoms with Crippen LogP contribution < -0.4 is 22.0 Å². The van der Waals surface area contributed by atoms with Gasteiger partial charge in [0.05, 0.1) is 20.7 Å². The molecule has 0 spiro atoms. The smallest absolute Gasteiger partial charge is 0.161 e. The van der Waals surface area contributed by atoms with Gasteiger partial charge in [-0.15, -0.1) is 0 Å². The summed E-state index contributed by atoms with van der Waals surface area (Å²) in [6, 6.07) is 12.4. The maximum absolute atomic E-state index is 10.0. The molecule has 3 rings (SSSR count). The highest BCUT2D eigenvalue weighted by molar-refractivity contribution is 6.30. The fourth-order valence-electron chi connectivity index (χ4n) is 3.47. The maximum Gasteiger partial charge on any atom is 0.161 e. The van der Waals surface area contributed by atoms with Crippen molar-refractivity contribution in [3.8, 4) is 11.5 Å². The van der Waals surface area contributed by atoms with E-state index in [2.05, 4.69) is 19.2 Å². The van der Waals surface area contributed by atoms with Gasteiger partial charge in [-0.1, -0.05) is 23.7 Å². The number of phenols is 1. The van der Waals surface area contributed by atoms with Crippen LogP contribution in [0.25, 0.3) is 0 Å². The zero-order valence-corrected chi connectivity index (χ0v) is 15.5. The molecule has 0 aliphatic carbocycles. The number of fused-ring (bicyclic) bond motifs is 1. The highest BCUT2D eigenvalue weighted by Crippen LogP contribution is 2.34. The Kier molecular flexibility index (Phi) is 6.39. The van der Waals surface area contributed by atoms with Crippen molar-refractivity contribution in [3.05, 3.63) is 58.1 Å². The Bertz CT molecular complexity index is 689. The molecule has 24 heavy (non-hydrogen) atoms. The van der Waals surface area contributed by atoms with Crippen molar-refractivity contribution in [1.29, 1.82) is 0 Å². The van der Waals surface area contributed by atoms with Crippen LogP contribution in [-0.2, 0) is 12.8 Å². The van der Waals surface area contributed by atoms with E-state index in [0.29, 0.717) is 11.8 Å². The minimum absolute atomic E-state index is 0. The third-order valence-electron chi connectivity index (χ3n) is 4.83. The van der Waals surface area contributed by atoms with Crippen LogP contribution in [0.2, 0.25) is 5.02 Å². The molecular weight excluding hydrogens is 345 g/mol. The zero-order valence-electron chi connectivity index (χ0n) is 14.0. The summed E-state index contributed by atoms with van der Waals surface area (Å²) in [6.45, 7) is 1.09. The molecule has 5 heteroatoms. The summed E-state index contributed by atoms with van der Waals surface area (Å²) in [4.78, 5) is 1.51. The molecule has 0 saturated carbocycles. The number of ether oxygens (including phenoxy) is 1. The molecular formula is C19H23Cl2NO2. The van der Waals surface area contributed by atoms with Crippen molar-refractivity contribution in [2.24, 2.45) is 0 Å². The predicted molar refractivity (Wildman–Crippen MR) is 92.6 cm³/mol. The molecule has 0 bridgehead atoms. The first-order chi connectivity index (χ1) is 11.1. The molecule has 1 heterocycles. The van der Waals surface area contributed by atoms with E-state index in [1.54, 1.807) is 7.11 Å².